The van der Waals surface area contributed by atoms with Crippen molar-refractivity contribution in [2.24, 2.45) is 0 Å². The van der Waals surface area contributed by atoms with Gasteiger partial charge >= 0.3 is 0 Å². The number of hydrogen-bond acceptors (Lipinski definition) is 6. The fraction of sp³-hybridized carbons (Fsp3) is 0.345. The monoisotopic (exact) mass is 534 g/mol. The molecule has 1 heterocycles. The smallest absolute Gasteiger partial charge is 0.211 e. The first-order chi connectivity index (χ1) is 18.3. The Kier molecular flexibility index (Phi) is 7.65. The molecule has 1 saturated heterocycles. The molecule has 9 heteroatoms. The fourth-order valence-corrected chi connectivity index (χ4v) is 5.87. The van der Waals surface area contributed by atoms with Gasteiger partial charge < -0.3 is 15.0 Å². The quantitative estimate of drug-likeness (QED) is 0.418. The lowest BCUT2D eigenvalue weighted by Gasteiger charge is -2.35. The van der Waals surface area contributed by atoms with Crippen LogP contribution in [-0.4, -0.2) is 64.4 Å². The molecule has 1 saturated carbocycles. The van der Waals surface area contributed by atoms with Crippen molar-refractivity contribution in [2.75, 3.05) is 50.5 Å². The number of nitrogens with zero attached hydrogens (tertiary/aromatic N) is 3. The molecule has 1 aliphatic carbocycles. The zero-order valence-electron chi connectivity index (χ0n) is 21.3. The van der Waals surface area contributed by atoms with Crippen LogP contribution in [0.3, 0.4) is 0 Å². The molecule has 0 unspecified atom stereocenters. The summed E-state index contributed by atoms with van der Waals surface area (Å²) in [6.45, 7) is 2.73. The summed E-state index contributed by atoms with van der Waals surface area (Å²) in [7, 11) is -3.25. The Bertz CT molecular complexity index is 1420. The van der Waals surface area contributed by atoms with E-state index in [0.29, 0.717) is 62.6 Å². The van der Waals surface area contributed by atoms with E-state index < -0.39 is 10.0 Å². The van der Waals surface area contributed by atoms with E-state index in [-0.39, 0.29) is 5.82 Å². The lowest BCUT2D eigenvalue weighted by Crippen LogP contribution is -2.48. The maximum atomic E-state index is 13.2. The summed E-state index contributed by atoms with van der Waals surface area (Å²) in [4.78, 5) is 2.06. The summed E-state index contributed by atoms with van der Waals surface area (Å²) in [5.41, 5.74) is 4.28. The number of anilines is 1. The minimum Gasteiger partial charge on any atom is -0.491 e. The van der Waals surface area contributed by atoms with Crippen LogP contribution in [0.15, 0.2) is 66.7 Å². The normalized spacial score (nSPS) is 19.7. The average Bonchev–Trinajstić information content (AvgIpc) is 3.70. The third-order valence-corrected chi connectivity index (χ3v) is 8.51. The van der Waals surface area contributed by atoms with E-state index in [0.717, 1.165) is 28.8 Å². The molecule has 0 spiro atoms. The minimum absolute atomic E-state index is 0.227. The van der Waals surface area contributed by atoms with Crippen LogP contribution in [0.5, 0.6) is 5.75 Å². The first kappa shape index (κ1) is 26.2. The van der Waals surface area contributed by atoms with Crippen molar-refractivity contribution in [1.29, 1.82) is 5.26 Å². The van der Waals surface area contributed by atoms with Crippen LogP contribution >= 0.6 is 0 Å². The summed E-state index contributed by atoms with van der Waals surface area (Å²) in [5, 5.41) is 13.6. The second-order valence-corrected chi connectivity index (χ2v) is 11.8. The Hall–Kier alpha value is -3.45. The largest absolute Gasteiger partial charge is 0.491 e. The first-order valence-corrected chi connectivity index (χ1v) is 14.6. The van der Waals surface area contributed by atoms with Crippen LogP contribution in [0.2, 0.25) is 0 Å². The Labute approximate surface area is 223 Å². The van der Waals surface area contributed by atoms with Gasteiger partial charge in [0, 0.05) is 44.7 Å². The average molecular weight is 535 g/mol. The van der Waals surface area contributed by atoms with Crippen molar-refractivity contribution in [3.8, 4) is 22.9 Å². The van der Waals surface area contributed by atoms with Crippen molar-refractivity contribution < 1.29 is 17.5 Å². The molecule has 1 aliphatic heterocycles. The van der Waals surface area contributed by atoms with E-state index >= 15 is 0 Å². The number of sulfonamides is 1. The summed E-state index contributed by atoms with van der Waals surface area (Å²) >= 11 is 0. The van der Waals surface area contributed by atoms with Crippen molar-refractivity contribution in [1.82, 2.24) is 9.62 Å². The number of hydrogen-bond donors (Lipinski definition) is 1. The predicted molar refractivity (Wildman–Crippen MR) is 146 cm³/mol. The van der Waals surface area contributed by atoms with Crippen LogP contribution in [0, 0.1) is 17.1 Å². The van der Waals surface area contributed by atoms with Gasteiger partial charge in [0.1, 0.15) is 29.8 Å². The lowest BCUT2D eigenvalue weighted by atomic mass is 10.0. The molecule has 0 radical (unpaired) electrons. The molecule has 1 N–H and O–H groups in total. The van der Waals surface area contributed by atoms with Crippen molar-refractivity contribution in [3.63, 3.8) is 0 Å². The first-order valence-electron chi connectivity index (χ1n) is 12.8. The van der Waals surface area contributed by atoms with Crippen LogP contribution in [-0.2, 0) is 10.0 Å². The van der Waals surface area contributed by atoms with Gasteiger partial charge in [0.2, 0.25) is 10.0 Å². The highest BCUT2D eigenvalue weighted by atomic mass is 32.2. The van der Waals surface area contributed by atoms with Gasteiger partial charge in [-0.25, -0.2) is 12.8 Å². The van der Waals surface area contributed by atoms with Crippen molar-refractivity contribution in [3.05, 3.63) is 83.7 Å². The van der Waals surface area contributed by atoms with Gasteiger partial charge in [0.05, 0.1) is 11.9 Å². The molecule has 2 atom stereocenters. The summed E-state index contributed by atoms with van der Waals surface area (Å²) in [6, 6.07) is 23.1. The van der Waals surface area contributed by atoms with Gasteiger partial charge in [0.15, 0.2) is 0 Å². The van der Waals surface area contributed by atoms with Crippen LogP contribution in [0.4, 0.5) is 10.1 Å². The Morgan fingerprint density at radius 1 is 1.03 bits per heavy atom. The number of nitriles is 1. The molecule has 3 aromatic rings. The molecule has 0 bridgehead atoms. The minimum atomic E-state index is -3.25. The molecular formula is C29H31FN4O3S. The molecule has 0 amide bonds. The molecular weight excluding hydrogens is 503 g/mol. The SMILES string of the molecule is CS(=O)(=O)N1CCN(c2cc(-c3ccccc3)cc(OCCN[C@@H]3C[C@H]3c3ccc(F)cc3)c2C#N)CC1. The van der Waals surface area contributed by atoms with E-state index in [1.807, 2.05) is 54.6 Å². The number of nitrogens with one attached hydrogen (secondary N) is 1. The van der Waals surface area contributed by atoms with Crippen LogP contribution < -0.4 is 15.0 Å². The molecule has 2 aliphatic rings. The van der Waals surface area contributed by atoms with Gasteiger partial charge in [-0.2, -0.15) is 9.57 Å². The maximum absolute atomic E-state index is 13.2. The van der Waals surface area contributed by atoms with Crippen LogP contribution in [0.1, 0.15) is 23.5 Å². The molecule has 7 nitrogen and oxygen atoms in total. The number of halogens is 1. The Morgan fingerprint density at radius 3 is 2.39 bits per heavy atom. The van der Waals surface area contributed by atoms with E-state index in [1.165, 1.54) is 22.7 Å². The van der Waals surface area contributed by atoms with Crippen LogP contribution in [0.25, 0.3) is 11.1 Å². The van der Waals surface area contributed by atoms with E-state index in [1.54, 1.807) is 0 Å². The van der Waals surface area contributed by atoms with E-state index in [2.05, 4.69) is 16.3 Å². The highest BCUT2D eigenvalue weighted by molar-refractivity contribution is 7.88. The zero-order valence-corrected chi connectivity index (χ0v) is 22.1. The standard InChI is InChI=1S/C29H31FN4O3S/c1-38(35,36)34-14-12-33(13-15-34)28-17-23(21-5-3-2-4-6-21)18-29(26(28)20-31)37-16-11-32-27-19-25(27)22-7-9-24(30)10-8-22/h2-10,17-18,25,27,32H,11-16,19H2,1H3/t25-,27+/m0/s1. The van der Waals surface area contributed by atoms with Crippen molar-refractivity contribution in [2.45, 2.75) is 18.4 Å². The zero-order chi connectivity index (χ0) is 26.7. The van der Waals surface area contributed by atoms with Crippen molar-refractivity contribution >= 4 is 15.7 Å². The second-order valence-electron chi connectivity index (χ2n) is 9.80. The predicted octanol–water partition coefficient (Wildman–Crippen LogP) is 3.97. The topological polar surface area (TPSA) is 85.7 Å². The third kappa shape index (κ3) is 5.99. The number of benzene rings is 3. The maximum Gasteiger partial charge on any atom is 0.211 e. The van der Waals surface area contributed by atoms with E-state index in [4.69, 9.17) is 4.74 Å². The lowest BCUT2D eigenvalue weighted by molar-refractivity contribution is 0.312. The molecule has 5 rings (SSSR count). The number of rotatable bonds is 9. The molecule has 198 valence electrons. The summed E-state index contributed by atoms with van der Waals surface area (Å²) in [6.07, 6.45) is 2.23. The number of piperazine rings is 1. The Morgan fingerprint density at radius 2 is 1.74 bits per heavy atom. The molecule has 0 aromatic heterocycles. The Balaban J connectivity index is 1.30. The second kappa shape index (κ2) is 11.1. The highest BCUT2D eigenvalue weighted by Gasteiger charge is 2.37. The highest BCUT2D eigenvalue weighted by Crippen LogP contribution is 2.41. The van der Waals surface area contributed by atoms with Gasteiger partial charge in [-0.1, -0.05) is 42.5 Å². The number of ether oxygens (including phenoxy) is 1. The van der Waals surface area contributed by atoms with E-state index in [9.17, 15) is 18.1 Å². The molecule has 2 fully saturated rings. The fourth-order valence-electron chi connectivity index (χ4n) is 5.04. The molecule has 38 heavy (non-hydrogen) atoms. The van der Waals surface area contributed by atoms with Gasteiger partial charge in [0.25, 0.3) is 0 Å². The van der Waals surface area contributed by atoms with Gasteiger partial charge in [-0.3, -0.25) is 0 Å². The molecule has 3 aromatic carbocycles. The third-order valence-electron chi connectivity index (χ3n) is 7.20. The summed E-state index contributed by atoms with van der Waals surface area (Å²) < 4.78 is 44.8. The summed E-state index contributed by atoms with van der Waals surface area (Å²) in [5.74, 6) is 0.668. The van der Waals surface area contributed by atoms with Gasteiger partial charge in [-0.15, -0.1) is 0 Å². The van der Waals surface area contributed by atoms with Gasteiger partial charge in [-0.05, 0) is 47.4 Å².